The van der Waals surface area contributed by atoms with Crippen molar-refractivity contribution in [2.24, 2.45) is 7.05 Å². The number of anilines is 2. The van der Waals surface area contributed by atoms with Crippen LogP contribution < -0.4 is 30.6 Å². The summed E-state index contributed by atoms with van der Waals surface area (Å²) in [6.07, 6.45) is 8.62. The number of fused-ring (bicyclic) bond motifs is 2. The first-order valence-corrected chi connectivity index (χ1v) is 18.9. The van der Waals surface area contributed by atoms with Crippen molar-refractivity contribution >= 4 is 34.0 Å². The molecule has 3 aliphatic heterocycles. The molecule has 11 nitrogen and oxygen atoms in total. The third-order valence-electron chi connectivity index (χ3n) is 11.4. The zero-order valence-electron chi connectivity index (χ0n) is 31.4. The number of nitrogens with one attached hydrogen (secondary N) is 2. The van der Waals surface area contributed by atoms with Crippen molar-refractivity contribution < 1.29 is 23.5 Å². The number of hydrogen-bond acceptors (Lipinski definition) is 9. The van der Waals surface area contributed by atoms with Gasteiger partial charge in [-0.3, -0.25) is 29.6 Å². The monoisotopic (exact) mass is 744 g/mol. The minimum absolute atomic E-state index is 0.0933. The van der Waals surface area contributed by atoms with Crippen molar-refractivity contribution in [1.82, 2.24) is 19.8 Å². The van der Waals surface area contributed by atoms with Crippen LogP contribution in [-0.4, -0.2) is 66.2 Å². The van der Waals surface area contributed by atoms with Gasteiger partial charge in [-0.05, 0) is 95.6 Å². The standard InChI is InChI=1S/C43H45FN6O5/c1-48-24-34(32-10-14-45-22-33(32)43(48)53)30-19-39(54-2)35(40(20-30)55-3)25-49-15-11-28-18-27(4-5-29(28)23-49)26-12-16-50(17-13-26)38-8-6-31(21-36(38)44)46-37-7-9-41(51)47-42(37)52/h4-6,8,10,14,18-22,24,26,37,46H,7,9,11-13,15-17,23,25H2,1-3H3,(H,47,51,52). The van der Waals surface area contributed by atoms with Crippen LogP contribution >= 0.6 is 0 Å². The number of rotatable bonds is 9. The molecule has 0 radical (unpaired) electrons. The number of hydrogen-bond donors (Lipinski definition) is 2. The number of carbonyl (C=O) groups is 2. The molecule has 1 atom stereocenters. The Kier molecular flexibility index (Phi) is 10.00. The summed E-state index contributed by atoms with van der Waals surface area (Å²) >= 11 is 0. The lowest BCUT2D eigenvalue weighted by atomic mass is 9.86. The van der Waals surface area contributed by atoms with Gasteiger partial charge in [0.25, 0.3) is 5.56 Å². The molecule has 2 aromatic heterocycles. The van der Waals surface area contributed by atoms with Gasteiger partial charge in [0.15, 0.2) is 0 Å². The number of amides is 2. The van der Waals surface area contributed by atoms with E-state index in [9.17, 15) is 14.4 Å². The van der Waals surface area contributed by atoms with E-state index in [4.69, 9.17) is 9.47 Å². The molecule has 0 saturated carbocycles. The van der Waals surface area contributed by atoms with E-state index in [-0.39, 0.29) is 29.6 Å². The highest BCUT2D eigenvalue weighted by molar-refractivity contribution is 6.01. The first-order chi connectivity index (χ1) is 26.7. The van der Waals surface area contributed by atoms with Crippen LogP contribution in [0.2, 0.25) is 0 Å². The molecule has 8 rings (SSSR count). The fourth-order valence-corrected chi connectivity index (χ4v) is 8.42. The Morgan fingerprint density at radius 1 is 0.891 bits per heavy atom. The molecule has 2 N–H and O–H groups in total. The van der Waals surface area contributed by atoms with E-state index < -0.39 is 6.04 Å². The third-order valence-corrected chi connectivity index (χ3v) is 11.4. The third kappa shape index (κ3) is 7.26. The largest absolute Gasteiger partial charge is 0.496 e. The van der Waals surface area contributed by atoms with Gasteiger partial charge < -0.3 is 24.3 Å². The average Bonchev–Trinajstić information content (AvgIpc) is 3.20. The number of carbonyl (C=O) groups excluding carboxylic acids is 2. The SMILES string of the molecule is COc1cc(-c2cn(C)c(=O)c3cnccc23)cc(OC)c1CN1CCc2cc(C3CCN(c4ccc(NC5CCC(=O)NC5=O)cc4F)CC3)ccc2C1. The maximum Gasteiger partial charge on any atom is 0.259 e. The number of benzene rings is 3. The lowest BCUT2D eigenvalue weighted by Gasteiger charge is -2.35. The zero-order chi connectivity index (χ0) is 38.2. The van der Waals surface area contributed by atoms with Crippen LogP contribution in [0, 0.1) is 5.82 Å². The van der Waals surface area contributed by atoms with Crippen LogP contribution in [0.5, 0.6) is 11.5 Å². The second kappa shape index (κ2) is 15.2. The van der Waals surface area contributed by atoms with Crippen LogP contribution in [0.3, 0.4) is 0 Å². The van der Waals surface area contributed by atoms with Crippen LogP contribution in [0.1, 0.15) is 53.9 Å². The van der Waals surface area contributed by atoms with E-state index >= 15 is 4.39 Å². The highest BCUT2D eigenvalue weighted by Crippen LogP contribution is 2.39. The minimum Gasteiger partial charge on any atom is -0.496 e. The van der Waals surface area contributed by atoms with Crippen molar-refractivity contribution in [3.8, 4) is 22.6 Å². The van der Waals surface area contributed by atoms with Crippen molar-refractivity contribution in [2.75, 3.05) is 44.1 Å². The molecule has 0 aliphatic carbocycles. The number of imide groups is 1. The van der Waals surface area contributed by atoms with E-state index in [2.05, 4.69) is 43.6 Å². The van der Waals surface area contributed by atoms with Gasteiger partial charge in [-0.1, -0.05) is 18.2 Å². The highest BCUT2D eigenvalue weighted by Gasteiger charge is 2.28. The Morgan fingerprint density at radius 3 is 2.40 bits per heavy atom. The Balaban J connectivity index is 0.917. The maximum atomic E-state index is 15.3. The number of methoxy groups -OCH3 is 2. The molecule has 1 unspecified atom stereocenters. The van der Waals surface area contributed by atoms with Gasteiger partial charge in [0.05, 0.1) is 30.9 Å². The maximum absolute atomic E-state index is 15.3. The summed E-state index contributed by atoms with van der Waals surface area (Å²) in [5.74, 6) is 0.897. The van der Waals surface area contributed by atoms with Crippen LogP contribution in [0.25, 0.3) is 21.9 Å². The summed E-state index contributed by atoms with van der Waals surface area (Å²) in [4.78, 5) is 45.1. The molecule has 2 saturated heterocycles. The fraction of sp³-hybridized carbons (Fsp3) is 0.349. The van der Waals surface area contributed by atoms with Crippen molar-refractivity contribution in [3.63, 3.8) is 0 Å². The van der Waals surface area contributed by atoms with Crippen LogP contribution in [0.4, 0.5) is 15.8 Å². The molecule has 5 heterocycles. The average molecular weight is 745 g/mol. The smallest absolute Gasteiger partial charge is 0.259 e. The number of piperidine rings is 2. The van der Waals surface area contributed by atoms with Gasteiger partial charge in [-0.15, -0.1) is 0 Å². The molecule has 2 fully saturated rings. The molecular formula is C43H45FN6O5. The number of nitrogens with zero attached hydrogens (tertiary/aromatic N) is 4. The van der Waals surface area contributed by atoms with E-state index in [0.29, 0.717) is 35.6 Å². The predicted octanol–water partition coefficient (Wildman–Crippen LogP) is 5.92. The van der Waals surface area contributed by atoms with Gasteiger partial charge in [0, 0.05) is 76.0 Å². The van der Waals surface area contributed by atoms with Crippen LogP contribution in [-0.2, 0) is 36.1 Å². The number of pyridine rings is 2. The molecule has 5 aromatic rings. The van der Waals surface area contributed by atoms with Crippen molar-refractivity contribution in [2.45, 2.75) is 57.2 Å². The van der Waals surface area contributed by atoms with Gasteiger partial charge in [0.1, 0.15) is 23.4 Å². The lowest BCUT2D eigenvalue weighted by molar-refractivity contribution is -0.133. The molecule has 55 heavy (non-hydrogen) atoms. The Bertz CT molecular complexity index is 2330. The quantitative estimate of drug-likeness (QED) is 0.178. The predicted molar refractivity (Wildman–Crippen MR) is 210 cm³/mol. The van der Waals surface area contributed by atoms with Crippen molar-refractivity contribution in [1.29, 1.82) is 0 Å². The minimum atomic E-state index is -0.552. The molecule has 12 heteroatoms. The number of aryl methyl sites for hydroxylation is 1. The second-order valence-corrected chi connectivity index (χ2v) is 14.8. The van der Waals surface area contributed by atoms with E-state index in [1.807, 2.05) is 24.4 Å². The van der Waals surface area contributed by atoms with Gasteiger partial charge in [-0.25, -0.2) is 4.39 Å². The normalized spacial score (nSPS) is 17.9. The van der Waals surface area contributed by atoms with Gasteiger partial charge in [0.2, 0.25) is 11.8 Å². The summed E-state index contributed by atoms with van der Waals surface area (Å²) in [7, 11) is 5.11. The Morgan fingerprint density at radius 2 is 1.67 bits per heavy atom. The fourth-order valence-electron chi connectivity index (χ4n) is 8.42. The second-order valence-electron chi connectivity index (χ2n) is 14.8. The zero-order valence-corrected chi connectivity index (χ0v) is 31.4. The summed E-state index contributed by atoms with van der Waals surface area (Å²) in [6.45, 7) is 3.88. The molecule has 3 aromatic carbocycles. The van der Waals surface area contributed by atoms with Crippen molar-refractivity contribution in [3.05, 3.63) is 112 Å². The lowest BCUT2D eigenvalue weighted by Crippen LogP contribution is -2.47. The summed E-state index contributed by atoms with van der Waals surface area (Å²) < 4.78 is 28.8. The number of aromatic nitrogens is 2. The number of ether oxygens (including phenoxy) is 2. The first-order valence-electron chi connectivity index (χ1n) is 18.9. The van der Waals surface area contributed by atoms with Gasteiger partial charge >= 0.3 is 0 Å². The summed E-state index contributed by atoms with van der Waals surface area (Å²) in [5, 5.41) is 6.79. The molecule has 0 spiro atoms. The van der Waals surface area contributed by atoms with E-state index in [0.717, 1.165) is 79.0 Å². The molecule has 0 bridgehead atoms. The summed E-state index contributed by atoms with van der Waals surface area (Å²) in [6, 6.07) is 17.3. The molecule has 3 aliphatic rings. The summed E-state index contributed by atoms with van der Waals surface area (Å²) in [5.41, 5.74) is 7.83. The molecule has 284 valence electrons. The van der Waals surface area contributed by atoms with E-state index in [1.54, 1.807) is 50.4 Å². The first kappa shape index (κ1) is 36.2. The Labute approximate surface area is 319 Å². The van der Waals surface area contributed by atoms with Gasteiger partial charge in [-0.2, -0.15) is 0 Å². The molecular weight excluding hydrogens is 700 g/mol. The highest BCUT2D eigenvalue weighted by atomic mass is 19.1. The molecule has 2 amide bonds. The topological polar surface area (TPSA) is 118 Å². The Hall–Kier alpha value is -5.75. The van der Waals surface area contributed by atoms with E-state index in [1.165, 1.54) is 22.8 Å². The van der Waals surface area contributed by atoms with Crippen LogP contribution in [0.15, 0.2) is 78.0 Å². The number of halogens is 1.